The first kappa shape index (κ1) is 23.2. The molecule has 0 radical (unpaired) electrons. The predicted molar refractivity (Wildman–Crippen MR) is 103 cm³/mol. The Morgan fingerprint density at radius 1 is 1.03 bits per heavy atom. The van der Waals surface area contributed by atoms with Crippen LogP contribution in [-0.2, 0) is 24.3 Å². The van der Waals surface area contributed by atoms with E-state index in [4.69, 9.17) is 9.47 Å². The lowest BCUT2D eigenvalue weighted by Crippen LogP contribution is -2.28. The highest BCUT2D eigenvalue weighted by atomic mass is 32.2. The highest BCUT2D eigenvalue weighted by molar-refractivity contribution is 7.89. The summed E-state index contributed by atoms with van der Waals surface area (Å²) in [5, 5.41) is 2.18. The molecule has 0 fully saturated rings. The maximum Gasteiger partial charge on any atom is 0.307 e. The van der Waals surface area contributed by atoms with Gasteiger partial charge in [0.15, 0.2) is 6.61 Å². The van der Waals surface area contributed by atoms with E-state index in [1.165, 1.54) is 24.3 Å². The van der Waals surface area contributed by atoms with Gasteiger partial charge in [-0.2, -0.15) is 0 Å². The fourth-order valence-corrected chi connectivity index (χ4v) is 3.33. The molecule has 2 N–H and O–H groups in total. The minimum Gasteiger partial charge on any atom is -0.494 e. The Hall–Kier alpha value is -3.05. The maximum absolute atomic E-state index is 13.1. The smallest absolute Gasteiger partial charge is 0.307 e. The Morgan fingerprint density at radius 3 is 2.27 bits per heavy atom. The summed E-state index contributed by atoms with van der Waals surface area (Å²) in [6.45, 7) is 1.31. The monoisotopic (exact) mass is 442 g/mol. The van der Waals surface area contributed by atoms with Crippen molar-refractivity contribution in [2.24, 2.45) is 0 Å². The molecule has 162 valence electrons. The number of hydrogen-bond acceptors (Lipinski definition) is 6. The lowest BCUT2D eigenvalue weighted by Gasteiger charge is -2.09. The molecular weight excluding hydrogens is 422 g/mol. The molecule has 30 heavy (non-hydrogen) atoms. The molecule has 0 saturated heterocycles. The van der Waals surface area contributed by atoms with Crippen molar-refractivity contribution in [2.75, 3.05) is 25.1 Å². The fraction of sp³-hybridized carbons (Fsp3) is 0.263. The number of anilines is 1. The number of esters is 1. The van der Waals surface area contributed by atoms with Gasteiger partial charge in [-0.15, -0.1) is 0 Å². The summed E-state index contributed by atoms with van der Waals surface area (Å²) >= 11 is 0. The molecular formula is C19H20F2N2O6S. The van der Waals surface area contributed by atoms with Gasteiger partial charge in [0.1, 0.15) is 17.4 Å². The lowest BCUT2D eigenvalue weighted by atomic mass is 10.3. The Morgan fingerprint density at radius 2 is 1.67 bits per heavy atom. The Balaban J connectivity index is 1.75. The molecule has 0 unspecified atom stereocenters. The number of carbonyl (C=O) groups excluding carboxylic acids is 2. The number of nitrogens with one attached hydrogen (secondary N) is 2. The molecule has 2 aromatic carbocycles. The van der Waals surface area contributed by atoms with E-state index in [1.807, 2.05) is 0 Å². The first-order chi connectivity index (χ1) is 14.2. The van der Waals surface area contributed by atoms with Crippen LogP contribution in [0.1, 0.15) is 13.3 Å². The van der Waals surface area contributed by atoms with E-state index in [0.29, 0.717) is 18.4 Å². The maximum atomic E-state index is 13.1. The zero-order valence-electron chi connectivity index (χ0n) is 16.0. The molecule has 2 rings (SSSR count). The van der Waals surface area contributed by atoms with E-state index in [2.05, 4.69) is 10.0 Å². The third-order valence-electron chi connectivity index (χ3n) is 3.58. The summed E-state index contributed by atoms with van der Waals surface area (Å²) in [5.41, 5.74) is -0.128. The van der Waals surface area contributed by atoms with Crippen molar-refractivity contribution in [1.82, 2.24) is 4.72 Å². The summed E-state index contributed by atoms with van der Waals surface area (Å²) in [6.07, 6.45) is -0.321. The molecule has 0 aliphatic carbocycles. The Bertz CT molecular complexity index is 976. The summed E-state index contributed by atoms with van der Waals surface area (Å²) in [6, 6.07) is 8.20. The van der Waals surface area contributed by atoms with Crippen LogP contribution in [-0.4, -0.2) is 40.1 Å². The zero-order valence-corrected chi connectivity index (χ0v) is 16.8. The molecule has 0 atom stereocenters. The molecule has 0 saturated carbocycles. The number of rotatable bonds is 10. The van der Waals surface area contributed by atoms with E-state index in [9.17, 15) is 26.8 Å². The van der Waals surface area contributed by atoms with Crippen molar-refractivity contribution in [3.05, 3.63) is 54.1 Å². The summed E-state index contributed by atoms with van der Waals surface area (Å²) in [5.74, 6) is -2.85. The Labute approximate surface area is 172 Å². The molecule has 8 nitrogen and oxygen atoms in total. The van der Waals surface area contributed by atoms with Gasteiger partial charge in [0.2, 0.25) is 10.0 Å². The molecule has 1 amide bonds. The molecule has 0 spiro atoms. The number of ether oxygens (including phenoxy) is 2. The van der Waals surface area contributed by atoms with Gasteiger partial charge in [0, 0.05) is 18.3 Å². The van der Waals surface area contributed by atoms with Crippen LogP contribution in [0.3, 0.4) is 0 Å². The van der Waals surface area contributed by atoms with Crippen LogP contribution < -0.4 is 14.8 Å². The van der Waals surface area contributed by atoms with Crippen molar-refractivity contribution in [3.63, 3.8) is 0 Å². The van der Waals surface area contributed by atoms with Crippen LogP contribution in [0.5, 0.6) is 5.75 Å². The second-order valence-electron chi connectivity index (χ2n) is 5.92. The van der Waals surface area contributed by atoms with Crippen molar-refractivity contribution >= 4 is 27.6 Å². The minimum absolute atomic E-state index is 0.000948. The summed E-state index contributed by atoms with van der Waals surface area (Å²) in [4.78, 5) is 23.4. The Kier molecular flexibility index (Phi) is 8.25. The minimum atomic E-state index is -3.83. The van der Waals surface area contributed by atoms with Gasteiger partial charge in [0.25, 0.3) is 5.91 Å². The number of carbonyl (C=O) groups is 2. The van der Waals surface area contributed by atoms with Crippen molar-refractivity contribution in [1.29, 1.82) is 0 Å². The normalized spacial score (nSPS) is 11.0. The molecule has 2 aromatic rings. The highest BCUT2D eigenvalue weighted by Crippen LogP contribution is 2.16. The van der Waals surface area contributed by atoms with Gasteiger partial charge in [-0.05, 0) is 43.3 Å². The van der Waals surface area contributed by atoms with Crippen LogP contribution >= 0.6 is 0 Å². The standard InChI is InChI=1S/C19H20F2N2O6S/c1-2-28-16-3-5-17(6-4-16)30(26,27)22-8-7-19(25)29-12-18(24)23-15-10-13(20)9-14(21)11-15/h3-6,9-11,22H,2,7-8,12H2,1H3,(H,23,24). The van der Waals surface area contributed by atoms with Crippen molar-refractivity contribution < 1.29 is 36.3 Å². The fourth-order valence-electron chi connectivity index (χ4n) is 2.29. The van der Waals surface area contributed by atoms with Crippen LogP contribution in [0.25, 0.3) is 0 Å². The largest absolute Gasteiger partial charge is 0.494 e. The van der Waals surface area contributed by atoms with E-state index >= 15 is 0 Å². The average molecular weight is 442 g/mol. The quantitative estimate of drug-likeness (QED) is 0.546. The molecule has 0 bridgehead atoms. The number of benzene rings is 2. The van der Waals surface area contributed by atoms with E-state index in [0.717, 1.165) is 12.1 Å². The molecule has 0 aliphatic rings. The van der Waals surface area contributed by atoms with Crippen LogP contribution in [0.15, 0.2) is 47.4 Å². The predicted octanol–water partition coefficient (Wildman–Crippen LogP) is 2.21. The summed E-state index contributed by atoms with van der Waals surface area (Å²) < 4.78 is 62.7. The number of hydrogen-bond donors (Lipinski definition) is 2. The number of sulfonamides is 1. The van der Waals surface area contributed by atoms with Gasteiger partial charge in [-0.1, -0.05) is 0 Å². The van der Waals surface area contributed by atoms with Gasteiger partial charge in [0.05, 0.1) is 17.9 Å². The van der Waals surface area contributed by atoms with E-state index < -0.39 is 40.1 Å². The van der Waals surface area contributed by atoms with Crippen molar-refractivity contribution in [2.45, 2.75) is 18.2 Å². The second-order valence-corrected chi connectivity index (χ2v) is 7.69. The molecule has 0 aliphatic heterocycles. The van der Waals surface area contributed by atoms with Gasteiger partial charge in [-0.3, -0.25) is 9.59 Å². The zero-order chi connectivity index (χ0) is 22.1. The lowest BCUT2D eigenvalue weighted by molar-refractivity contribution is -0.147. The van der Waals surface area contributed by atoms with Gasteiger partial charge < -0.3 is 14.8 Å². The first-order valence-corrected chi connectivity index (χ1v) is 10.3. The molecule has 11 heteroatoms. The van der Waals surface area contributed by atoms with Crippen LogP contribution in [0.2, 0.25) is 0 Å². The average Bonchev–Trinajstić information content (AvgIpc) is 2.66. The van der Waals surface area contributed by atoms with E-state index in [-0.39, 0.29) is 23.5 Å². The molecule has 0 heterocycles. The van der Waals surface area contributed by atoms with Crippen LogP contribution in [0.4, 0.5) is 14.5 Å². The SMILES string of the molecule is CCOc1ccc(S(=O)(=O)NCCC(=O)OCC(=O)Nc2cc(F)cc(F)c2)cc1. The van der Waals surface area contributed by atoms with Gasteiger partial charge in [-0.25, -0.2) is 21.9 Å². The topological polar surface area (TPSA) is 111 Å². The van der Waals surface area contributed by atoms with Crippen molar-refractivity contribution in [3.8, 4) is 5.75 Å². The second kappa shape index (κ2) is 10.6. The third-order valence-corrected chi connectivity index (χ3v) is 5.05. The number of amides is 1. The van der Waals surface area contributed by atoms with Gasteiger partial charge >= 0.3 is 5.97 Å². The molecule has 0 aromatic heterocycles. The van der Waals surface area contributed by atoms with Crippen LogP contribution in [0, 0.1) is 11.6 Å². The van der Waals surface area contributed by atoms with E-state index in [1.54, 1.807) is 6.92 Å². The highest BCUT2D eigenvalue weighted by Gasteiger charge is 2.15. The summed E-state index contributed by atoms with van der Waals surface area (Å²) in [7, 11) is -3.83. The third kappa shape index (κ3) is 7.41. The first-order valence-electron chi connectivity index (χ1n) is 8.83. The number of halogens is 2.